The molecule has 0 aliphatic carbocycles. The Hall–Kier alpha value is -0.870. The number of amides is 1. The summed E-state index contributed by atoms with van der Waals surface area (Å²) in [6.45, 7) is 3.26. The minimum atomic E-state index is -0.538. The van der Waals surface area contributed by atoms with Crippen molar-refractivity contribution in [1.29, 1.82) is 0 Å². The summed E-state index contributed by atoms with van der Waals surface area (Å²) in [6, 6.07) is -0.225. The van der Waals surface area contributed by atoms with Crippen LogP contribution >= 0.6 is 0 Å². The van der Waals surface area contributed by atoms with E-state index < -0.39 is 12.0 Å². The summed E-state index contributed by atoms with van der Waals surface area (Å²) < 4.78 is 0. The number of aliphatic hydroxyl groups is 1. The third-order valence-electron chi connectivity index (χ3n) is 1.67. The first-order chi connectivity index (χ1) is 5.49. The lowest BCUT2D eigenvalue weighted by Gasteiger charge is -2.15. The van der Waals surface area contributed by atoms with Gasteiger partial charge in [0.1, 0.15) is 0 Å². The van der Waals surface area contributed by atoms with Crippen molar-refractivity contribution < 1.29 is 9.90 Å². The molecular weight excluding hydrogens is 156 g/mol. The van der Waals surface area contributed by atoms with Crippen molar-refractivity contribution in [3.8, 4) is 0 Å². The third kappa shape index (κ3) is 3.50. The summed E-state index contributed by atoms with van der Waals surface area (Å²) in [5, 5.41) is 12.0. The fourth-order valence-corrected chi connectivity index (χ4v) is 0.815. The highest BCUT2D eigenvalue weighted by molar-refractivity contribution is 5.91. The van der Waals surface area contributed by atoms with Crippen molar-refractivity contribution in [2.45, 2.75) is 26.0 Å². The zero-order chi connectivity index (χ0) is 9.72. The molecule has 0 saturated carbocycles. The molecule has 2 unspecified atom stereocenters. The van der Waals surface area contributed by atoms with Crippen LogP contribution in [0, 0.1) is 0 Å². The number of nitrogens with two attached hydrogens (primary N) is 1. The van der Waals surface area contributed by atoms with Crippen LogP contribution in [0.5, 0.6) is 0 Å². The average molecular weight is 172 g/mol. The summed E-state index contributed by atoms with van der Waals surface area (Å²) in [5.74, 6) is -0.462. The van der Waals surface area contributed by atoms with E-state index in [1.165, 1.54) is 0 Å². The maximum atomic E-state index is 10.6. The van der Waals surface area contributed by atoms with Crippen LogP contribution < -0.4 is 11.1 Å². The molecule has 1 amide bonds. The number of hydrogen-bond acceptors (Lipinski definition) is 3. The van der Waals surface area contributed by atoms with E-state index in [1.807, 2.05) is 0 Å². The summed E-state index contributed by atoms with van der Waals surface area (Å²) in [5.41, 5.74) is 5.48. The van der Waals surface area contributed by atoms with Crippen LogP contribution in [-0.2, 0) is 4.79 Å². The average Bonchev–Trinajstić information content (AvgIpc) is 1.98. The van der Waals surface area contributed by atoms with Crippen molar-refractivity contribution >= 4 is 5.91 Å². The molecule has 0 rings (SSSR count). The summed E-state index contributed by atoms with van der Waals surface area (Å²) in [4.78, 5) is 10.6. The van der Waals surface area contributed by atoms with E-state index in [1.54, 1.807) is 27.0 Å². The smallest absolute Gasteiger partial charge is 0.244 e. The Balaban J connectivity index is 4.35. The highest BCUT2D eigenvalue weighted by Gasteiger charge is 2.10. The van der Waals surface area contributed by atoms with E-state index in [4.69, 9.17) is 5.73 Å². The molecule has 0 bridgehead atoms. The first-order valence-electron chi connectivity index (χ1n) is 3.82. The zero-order valence-electron chi connectivity index (χ0n) is 7.66. The van der Waals surface area contributed by atoms with Gasteiger partial charge < -0.3 is 16.2 Å². The first kappa shape index (κ1) is 11.1. The third-order valence-corrected chi connectivity index (χ3v) is 1.67. The van der Waals surface area contributed by atoms with Crippen LogP contribution in [0.4, 0.5) is 0 Å². The minimum absolute atomic E-state index is 0.225. The van der Waals surface area contributed by atoms with Crippen LogP contribution in [0.15, 0.2) is 11.6 Å². The number of primary amides is 1. The van der Waals surface area contributed by atoms with Crippen LogP contribution in [0.3, 0.4) is 0 Å². The van der Waals surface area contributed by atoms with Crippen molar-refractivity contribution in [2.24, 2.45) is 5.73 Å². The van der Waals surface area contributed by atoms with E-state index in [0.717, 1.165) is 0 Å². The Morgan fingerprint density at radius 2 is 2.17 bits per heavy atom. The topological polar surface area (TPSA) is 75.3 Å². The molecule has 0 heterocycles. The van der Waals surface area contributed by atoms with Crippen molar-refractivity contribution in [2.75, 3.05) is 7.05 Å². The number of rotatable bonds is 4. The Kier molecular flexibility index (Phi) is 4.54. The first-order valence-corrected chi connectivity index (χ1v) is 3.82. The lowest BCUT2D eigenvalue weighted by Crippen LogP contribution is -2.34. The van der Waals surface area contributed by atoms with Crippen LogP contribution in [-0.4, -0.2) is 30.2 Å². The Morgan fingerprint density at radius 1 is 1.67 bits per heavy atom. The molecule has 4 heteroatoms. The van der Waals surface area contributed by atoms with E-state index in [0.29, 0.717) is 5.57 Å². The summed E-state index contributed by atoms with van der Waals surface area (Å²) in [6.07, 6.45) is 1.08. The standard InChI is InChI=1S/C8H16N2O2/c1-5(8(9)12)4-7(10-3)6(2)11/h4,6-7,10-11H,1-3H3,(H2,9,12)/b5-4+. The number of hydrogen-bond donors (Lipinski definition) is 3. The minimum Gasteiger partial charge on any atom is -0.391 e. The number of carbonyl (C=O) groups excluding carboxylic acids is 1. The van der Waals surface area contributed by atoms with Crippen molar-refractivity contribution in [1.82, 2.24) is 5.32 Å². The normalized spacial score (nSPS) is 17.2. The van der Waals surface area contributed by atoms with Gasteiger partial charge in [-0.3, -0.25) is 4.79 Å². The van der Waals surface area contributed by atoms with Gasteiger partial charge in [-0.25, -0.2) is 0 Å². The van der Waals surface area contributed by atoms with Crippen molar-refractivity contribution in [3.05, 3.63) is 11.6 Å². The van der Waals surface area contributed by atoms with Crippen molar-refractivity contribution in [3.63, 3.8) is 0 Å². The molecule has 0 fully saturated rings. The van der Waals surface area contributed by atoms with E-state index >= 15 is 0 Å². The molecule has 0 aromatic heterocycles. The van der Waals surface area contributed by atoms with Gasteiger partial charge in [-0.2, -0.15) is 0 Å². The Morgan fingerprint density at radius 3 is 2.42 bits per heavy atom. The molecular formula is C8H16N2O2. The van der Waals surface area contributed by atoms with Crippen LogP contribution in [0.1, 0.15) is 13.8 Å². The molecule has 0 saturated heterocycles. The molecule has 4 N–H and O–H groups in total. The molecule has 2 atom stereocenters. The molecule has 0 aromatic carbocycles. The van der Waals surface area contributed by atoms with Gasteiger partial charge in [0, 0.05) is 5.57 Å². The second kappa shape index (κ2) is 4.90. The van der Waals surface area contributed by atoms with E-state index in [2.05, 4.69) is 5.32 Å². The fourth-order valence-electron chi connectivity index (χ4n) is 0.815. The van der Waals surface area contributed by atoms with E-state index in [-0.39, 0.29) is 6.04 Å². The molecule has 0 spiro atoms. The van der Waals surface area contributed by atoms with Gasteiger partial charge in [0.25, 0.3) is 0 Å². The van der Waals surface area contributed by atoms with Gasteiger partial charge in [-0.05, 0) is 20.9 Å². The highest BCUT2D eigenvalue weighted by Crippen LogP contribution is 1.99. The second-order valence-corrected chi connectivity index (χ2v) is 2.77. The lowest BCUT2D eigenvalue weighted by molar-refractivity contribution is -0.114. The molecule has 70 valence electrons. The second-order valence-electron chi connectivity index (χ2n) is 2.77. The van der Waals surface area contributed by atoms with Gasteiger partial charge in [0.05, 0.1) is 12.1 Å². The van der Waals surface area contributed by atoms with Gasteiger partial charge in [0.2, 0.25) is 5.91 Å². The van der Waals surface area contributed by atoms with Gasteiger partial charge >= 0.3 is 0 Å². The van der Waals surface area contributed by atoms with Crippen LogP contribution in [0.2, 0.25) is 0 Å². The summed E-state index contributed by atoms with van der Waals surface area (Å²) in [7, 11) is 1.71. The maximum Gasteiger partial charge on any atom is 0.244 e. The quantitative estimate of drug-likeness (QED) is 0.495. The van der Waals surface area contributed by atoms with Gasteiger partial charge in [-0.15, -0.1) is 0 Å². The monoisotopic (exact) mass is 172 g/mol. The van der Waals surface area contributed by atoms with E-state index in [9.17, 15) is 9.90 Å². The predicted octanol–water partition coefficient (Wildman–Crippen LogP) is -0.613. The number of nitrogens with one attached hydrogen (secondary N) is 1. The number of likely N-dealkylation sites (N-methyl/N-ethyl adjacent to an activating group) is 1. The fraction of sp³-hybridized carbons (Fsp3) is 0.625. The number of aliphatic hydroxyl groups excluding tert-OH is 1. The molecule has 0 radical (unpaired) electrons. The van der Waals surface area contributed by atoms with Crippen LogP contribution in [0.25, 0.3) is 0 Å². The lowest BCUT2D eigenvalue weighted by atomic mass is 10.1. The zero-order valence-corrected chi connectivity index (χ0v) is 7.66. The molecule has 0 aliphatic rings. The Labute approximate surface area is 72.4 Å². The highest BCUT2D eigenvalue weighted by atomic mass is 16.3. The Bertz CT molecular complexity index is 187. The number of carbonyl (C=O) groups is 1. The molecule has 0 aliphatic heterocycles. The van der Waals surface area contributed by atoms with Gasteiger partial charge in [0.15, 0.2) is 0 Å². The predicted molar refractivity (Wildman–Crippen MR) is 47.5 cm³/mol. The summed E-state index contributed by atoms with van der Waals surface area (Å²) >= 11 is 0. The molecule has 0 aromatic rings. The molecule has 4 nitrogen and oxygen atoms in total. The largest absolute Gasteiger partial charge is 0.391 e. The SMILES string of the molecule is CNC(/C=C(\C)C(N)=O)C(C)O. The maximum absolute atomic E-state index is 10.6. The molecule has 12 heavy (non-hydrogen) atoms. The van der Waals surface area contributed by atoms with Gasteiger partial charge in [-0.1, -0.05) is 6.08 Å².